The monoisotopic (exact) mass is 379 g/mol. The number of likely N-dealkylation sites (N-methyl/N-ethyl adjacent to an activating group) is 1. The van der Waals surface area contributed by atoms with Crippen molar-refractivity contribution < 1.29 is 17.6 Å². The number of carbonyl (C=O) groups excluding carboxylic acids is 1. The van der Waals surface area contributed by atoms with Crippen LogP contribution < -0.4 is 10.0 Å². The highest BCUT2D eigenvalue weighted by atomic mass is 32.2. The summed E-state index contributed by atoms with van der Waals surface area (Å²) in [4.78, 5) is 14.0. The largest absolute Gasteiger partial charge is 0.351 e. The molecular formula is C18H22FN3O3S. The van der Waals surface area contributed by atoms with Crippen molar-refractivity contribution in [3.63, 3.8) is 0 Å². The molecule has 0 spiro atoms. The van der Waals surface area contributed by atoms with Crippen LogP contribution in [0.2, 0.25) is 0 Å². The third-order valence-electron chi connectivity index (χ3n) is 3.67. The molecule has 0 fully saturated rings. The Balaban J connectivity index is 2.07. The molecule has 0 aromatic heterocycles. The van der Waals surface area contributed by atoms with Crippen molar-refractivity contribution in [3.8, 4) is 0 Å². The Bertz CT molecular complexity index is 881. The maximum absolute atomic E-state index is 13.2. The number of hydrogen-bond acceptors (Lipinski definition) is 4. The maximum Gasteiger partial charge on any atom is 0.262 e. The summed E-state index contributed by atoms with van der Waals surface area (Å²) >= 11 is 0. The molecule has 2 aromatic rings. The van der Waals surface area contributed by atoms with Gasteiger partial charge in [-0.15, -0.1) is 0 Å². The van der Waals surface area contributed by atoms with Crippen LogP contribution in [0.4, 0.5) is 10.1 Å². The summed E-state index contributed by atoms with van der Waals surface area (Å²) in [7, 11) is -0.0151. The molecule has 0 saturated carbocycles. The summed E-state index contributed by atoms with van der Waals surface area (Å²) in [6.45, 7) is 2.77. The number of carbonyl (C=O) groups is 1. The van der Waals surface area contributed by atoms with E-state index >= 15 is 0 Å². The lowest BCUT2D eigenvalue weighted by molar-refractivity contribution is 0.0951. The second kappa shape index (κ2) is 8.29. The first-order valence-corrected chi connectivity index (χ1v) is 9.49. The van der Waals surface area contributed by atoms with Gasteiger partial charge in [0, 0.05) is 24.3 Å². The minimum Gasteiger partial charge on any atom is -0.351 e. The molecule has 0 heterocycles. The van der Waals surface area contributed by atoms with Crippen molar-refractivity contribution in [1.29, 1.82) is 0 Å². The Morgan fingerprint density at radius 3 is 2.35 bits per heavy atom. The first-order chi connectivity index (χ1) is 12.2. The van der Waals surface area contributed by atoms with Crippen LogP contribution in [0.25, 0.3) is 0 Å². The second-order valence-electron chi connectivity index (χ2n) is 6.15. The highest BCUT2D eigenvalue weighted by molar-refractivity contribution is 7.92. The van der Waals surface area contributed by atoms with Crippen LogP contribution in [0, 0.1) is 12.7 Å². The van der Waals surface area contributed by atoms with E-state index in [1.54, 1.807) is 12.1 Å². The molecule has 0 aliphatic carbocycles. The number of hydrogen-bond donors (Lipinski definition) is 2. The molecule has 26 heavy (non-hydrogen) atoms. The van der Waals surface area contributed by atoms with Crippen molar-refractivity contribution in [2.45, 2.75) is 11.8 Å². The van der Waals surface area contributed by atoms with Crippen LogP contribution in [-0.4, -0.2) is 46.4 Å². The topological polar surface area (TPSA) is 78.5 Å². The third kappa shape index (κ3) is 5.27. The van der Waals surface area contributed by atoms with E-state index in [0.29, 0.717) is 23.4 Å². The van der Waals surface area contributed by atoms with Crippen molar-refractivity contribution in [1.82, 2.24) is 10.2 Å². The van der Waals surface area contributed by atoms with Gasteiger partial charge in [-0.2, -0.15) is 0 Å². The van der Waals surface area contributed by atoms with Crippen molar-refractivity contribution >= 4 is 21.6 Å². The lowest BCUT2D eigenvalue weighted by Crippen LogP contribution is -2.31. The van der Waals surface area contributed by atoms with Gasteiger partial charge in [-0.25, -0.2) is 12.8 Å². The number of anilines is 1. The van der Waals surface area contributed by atoms with Gasteiger partial charge in [0.1, 0.15) is 5.82 Å². The molecule has 8 heteroatoms. The number of amides is 1. The fourth-order valence-corrected chi connectivity index (χ4v) is 3.60. The molecule has 0 aliphatic heterocycles. The SMILES string of the molecule is Cc1cc(F)ccc1S(=O)(=O)Nc1ccc(C(=O)NCCN(C)C)cc1. The molecule has 140 valence electrons. The van der Waals surface area contributed by atoms with Gasteiger partial charge in [0.25, 0.3) is 15.9 Å². The maximum atomic E-state index is 13.2. The van der Waals surface area contributed by atoms with Gasteiger partial charge < -0.3 is 10.2 Å². The highest BCUT2D eigenvalue weighted by Gasteiger charge is 2.17. The minimum atomic E-state index is -3.84. The van der Waals surface area contributed by atoms with E-state index in [-0.39, 0.29) is 10.8 Å². The molecule has 2 N–H and O–H groups in total. The number of sulfonamides is 1. The first kappa shape index (κ1) is 19.9. The van der Waals surface area contributed by atoms with E-state index in [0.717, 1.165) is 18.7 Å². The molecule has 2 aromatic carbocycles. The molecule has 6 nitrogen and oxygen atoms in total. The van der Waals surface area contributed by atoms with Crippen LogP contribution in [0.15, 0.2) is 47.4 Å². The smallest absolute Gasteiger partial charge is 0.262 e. The van der Waals surface area contributed by atoms with E-state index in [1.165, 1.54) is 25.1 Å². The van der Waals surface area contributed by atoms with Crippen LogP contribution in [0.1, 0.15) is 15.9 Å². The molecule has 0 bridgehead atoms. The van der Waals surface area contributed by atoms with Gasteiger partial charge in [0.15, 0.2) is 0 Å². The van der Waals surface area contributed by atoms with Gasteiger partial charge in [0.05, 0.1) is 4.90 Å². The minimum absolute atomic E-state index is 0.00408. The Kier molecular flexibility index (Phi) is 6.33. The number of benzene rings is 2. The Morgan fingerprint density at radius 1 is 1.12 bits per heavy atom. The lowest BCUT2D eigenvalue weighted by Gasteiger charge is -2.12. The van der Waals surface area contributed by atoms with Crippen LogP contribution in [0.5, 0.6) is 0 Å². The molecule has 0 aliphatic rings. The molecule has 0 atom stereocenters. The average molecular weight is 379 g/mol. The number of aryl methyl sites for hydroxylation is 1. The Morgan fingerprint density at radius 2 is 1.77 bits per heavy atom. The summed E-state index contributed by atoms with van der Waals surface area (Å²) in [6, 6.07) is 9.59. The predicted molar refractivity (Wildman–Crippen MR) is 99.3 cm³/mol. The van der Waals surface area contributed by atoms with Gasteiger partial charge >= 0.3 is 0 Å². The molecular weight excluding hydrogens is 357 g/mol. The zero-order chi connectivity index (χ0) is 19.3. The fourth-order valence-electron chi connectivity index (χ4n) is 2.31. The van der Waals surface area contributed by atoms with Gasteiger partial charge in [-0.3, -0.25) is 9.52 Å². The number of halogens is 1. The summed E-state index contributed by atoms with van der Waals surface area (Å²) in [6.07, 6.45) is 0. The average Bonchev–Trinajstić information content (AvgIpc) is 2.54. The Labute approximate surface area is 153 Å². The fraction of sp³-hybridized carbons (Fsp3) is 0.278. The summed E-state index contributed by atoms with van der Waals surface area (Å²) < 4.78 is 40.5. The van der Waals surface area contributed by atoms with E-state index in [1.807, 2.05) is 19.0 Å². The van der Waals surface area contributed by atoms with Crippen LogP contribution in [-0.2, 0) is 10.0 Å². The van der Waals surface area contributed by atoms with E-state index < -0.39 is 15.8 Å². The molecule has 0 unspecified atom stereocenters. The van der Waals surface area contributed by atoms with Gasteiger partial charge in [-0.05, 0) is 69.0 Å². The van der Waals surface area contributed by atoms with Crippen LogP contribution >= 0.6 is 0 Å². The second-order valence-corrected chi connectivity index (χ2v) is 7.80. The third-order valence-corrected chi connectivity index (χ3v) is 5.21. The zero-order valence-corrected chi connectivity index (χ0v) is 15.7. The van der Waals surface area contributed by atoms with Gasteiger partial charge in [0.2, 0.25) is 0 Å². The van der Waals surface area contributed by atoms with Crippen LogP contribution in [0.3, 0.4) is 0 Å². The summed E-state index contributed by atoms with van der Waals surface area (Å²) in [5, 5.41) is 2.78. The summed E-state index contributed by atoms with van der Waals surface area (Å²) in [5.41, 5.74) is 1.07. The molecule has 2 rings (SSSR count). The van der Waals surface area contributed by atoms with E-state index in [9.17, 15) is 17.6 Å². The number of nitrogens with zero attached hydrogens (tertiary/aromatic N) is 1. The quantitative estimate of drug-likeness (QED) is 0.773. The normalized spacial score (nSPS) is 11.4. The number of nitrogens with one attached hydrogen (secondary N) is 2. The predicted octanol–water partition coefficient (Wildman–Crippen LogP) is 2.23. The lowest BCUT2D eigenvalue weighted by atomic mass is 10.2. The molecule has 0 saturated heterocycles. The first-order valence-electron chi connectivity index (χ1n) is 8.01. The summed E-state index contributed by atoms with van der Waals surface area (Å²) in [5.74, 6) is -0.721. The van der Waals surface area contributed by atoms with Crippen molar-refractivity contribution in [3.05, 3.63) is 59.4 Å². The Hall–Kier alpha value is -2.45. The van der Waals surface area contributed by atoms with E-state index in [4.69, 9.17) is 0 Å². The molecule has 0 radical (unpaired) electrons. The van der Waals surface area contributed by atoms with Crippen molar-refractivity contribution in [2.24, 2.45) is 0 Å². The number of rotatable bonds is 7. The highest BCUT2D eigenvalue weighted by Crippen LogP contribution is 2.20. The van der Waals surface area contributed by atoms with Crippen molar-refractivity contribution in [2.75, 3.05) is 31.9 Å². The van der Waals surface area contributed by atoms with Gasteiger partial charge in [-0.1, -0.05) is 0 Å². The molecule has 1 amide bonds. The van der Waals surface area contributed by atoms with E-state index in [2.05, 4.69) is 10.0 Å². The zero-order valence-electron chi connectivity index (χ0n) is 14.9. The standard InChI is InChI=1S/C18H22FN3O3S/c1-13-12-15(19)6-9-17(13)26(24,25)21-16-7-4-14(5-8-16)18(23)20-10-11-22(2)3/h4-9,12,21H,10-11H2,1-3H3,(H,20,23).